The lowest BCUT2D eigenvalue weighted by Gasteiger charge is -2.36. The third kappa shape index (κ3) is 4.56. The van der Waals surface area contributed by atoms with E-state index in [2.05, 4.69) is 53.4 Å². The molecule has 1 aliphatic rings. The van der Waals surface area contributed by atoms with Gasteiger partial charge in [-0.25, -0.2) is 0 Å². The zero-order valence-corrected chi connectivity index (χ0v) is 18.9. The summed E-state index contributed by atoms with van der Waals surface area (Å²) in [5, 5.41) is 0. The number of likely N-dealkylation sites (tertiary alicyclic amines) is 1. The third-order valence-electron chi connectivity index (χ3n) is 6.47. The van der Waals surface area contributed by atoms with Crippen molar-refractivity contribution >= 4 is 6.29 Å². The molecule has 0 spiro atoms. The molecule has 1 heterocycles. The maximum atomic E-state index is 12.2. The van der Waals surface area contributed by atoms with Crippen LogP contribution in [0.1, 0.15) is 42.9 Å². The summed E-state index contributed by atoms with van der Waals surface area (Å²) in [7, 11) is 3.39. The van der Waals surface area contributed by atoms with E-state index < -0.39 is 0 Å². The normalized spacial score (nSPS) is 19.2. The molecule has 0 bridgehead atoms. The van der Waals surface area contributed by atoms with E-state index >= 15 is 0 Å². The van der Waals surface area contributed by atoms with Crippen LogP contribution in [0.5, 0.6) is 11.5 Å². The van der Waals surface area contributed by atoms with Crippen molar-refractivity contribution < 1.29 is 14.3 Å². The standard InChI is InChI=1S/C28H31NO3/c1-31-26-17-10-18-27(32-2)28(26)25-16-9-7-14-23(20-30)29(25)19-22-13-6-8-15-24(22)21-11-4-3-5-12-21/h3-6,8,10-13,15,17-18,20,23,25H,7,9,14,16,19H2,1-2H3. The summed E-state index contributed by atoms with van der Waals surface area (Å²) in [6, 6.07) is 24.7. The highest BCUT2D eigenvalue weighted by Gasteiger charge is 2.33. The molecule has 0 saturated carbocycles. The first-order chi connectivity index (χ1) is 15.8. The first-order valence-corrected chi connectivity index (χ1v) is 11.3. The van der Waals surface area contributed by atoms with Crippen LogP contribution in [0.4, 0.5) is 0 Å². The number of ether oxygens (including phenoxy) is 2. The van der Waals surface area contributed by atoms with Crippen LogP contribution in [0.25, 0.3) is 11.1 Å². The molecule has 0 radical (unpaired) electrons. The predicted octanol–water partition coefficient (Wildman–Crippen LogP) is 6.06. The summed E-state index contributed by atoms with van der Waals surface area (Å²) in [6.07, 6.45) is 5.03. The van der Waals surface area contributed by atoms with Gasteiger partial charge in [0.1, 0.15) is 17.8 Å². The van der Waals surface area contributed by atoms with Crippen LogP contribution in [-0.2, 0) is 11.3 Å². The minimum Gasteiger partial charge on any atom is -0.496 e. The van der Waals surface area contributed by atoms with E-state index in [1.807, 2.05) is 24.3 Å². The Hall–Kier alpha value is -3.11. The molecule has 4 rings (SSSR count). The van der Waals surface area contributed by atoms with Crippen LogP contribution in [0.3, 0.4) is 0 Å². The fourth-order valence-electron chi connectivity index (χ4n) is 4.90. The Bertz CT molecular complexity index is 1010. The second-order valence-corrected chi connectivity index (χ2v) is 8.28. The predicted molar refractivity (Wildman–Crippen MR) is 128 cm³/mol. The fraction of sp³-hybridized carbons (Fsp3) is 0.321. The fourth-order valence-corrected chi connectivity index (χ4v) is 4.90. The van der Waals surface area contributed by atoms with Gasteiger partial charge in [-0.3, -0.25) is 4.90 Å². The number of benzene rings is 3. The summed E-state index contributed by atoms with van der Waals surface area (Å²) in [4.78, 5) is 14.6. The van der Waals surface area contributed by atoms with Crippen molar-refractivity contribution in [3.8, 4) is 22.6 Å². The van der Waals surface area contributed by atoms with E-state index in [0.29, 0.717) is 6.54 Å². The van der Waals surface area contributed by atoms with Gasteiger partial charge in [-0.2, -0.15) is 0 Å². The molecule has 2 atom stereocenters. The van der Waals surface area contributed by atoms with Crippen LogP contribution in [-0.4, -0.2) is 31.4 Å². The van der Waals surface area contributed by atoms with Gasteiger partial charge in [0, 0.05) is 12.6 Å². The largest absolute Gasteiger partial charge is 0.496 e. The highest BCUT2D eigenvalue weighted by Crippen LogP contribution is 2.43. The number of carbonyl (C=O) groups excluding carboxylic acids is 1. The van der Waals surface area contributed by atoms with Crippen LogP contribution in [0, 0.1) is 0 Å². The number of aldehydes is 1. The Labute approximate surface area is 190 Å². The zero-order valence-electron chi connectivity index (χ0n) is 18.9. The van der Waals surface area contributed by atoms with Crippen molar-refractivity contribution in [3.05, 3.63) is 83.9 Å². The number of hydrogen-bond acceptors (Lipinski definition) is 4. The second kappa shape index (κ2) is 10.5. The Balaban J connectivity index is 1.79. The molecule has 1 aliphatic heterocycles. The topological polar surface area (TPSA) is 38.8 Å². The second-order valence-electron chi connectivity index (χ2n) is 8.28. The van der Waals surface area contributed by atoms with Crippen LogP contribution in [0.2, 0.25) is 0 Å². The molecular formula is C28H31NO3. The Kier molecular flexibility index (Phi) is 7.23. The molecule has 0 aromatic heterocycles. The minimum absolute atomic E-state index is 0.0302. The van der Waals surface area contributed by atoms with Gasteiger partial charge in [0.2, 0.25) is 0 Å². The van der Waals surface area contributed by atoms with Crippen LogP contribution >= 0.6 is 0 Å². The summed E-state index contributed by atoms with van der Waals surface area (Å²) in [6.45, 7) is 0.681. The Morgan fingerprint density at radius 1 is 0.844 bits per heavy atom. The number of carbonyl (C=O) groups is 1. The smallest absolute Gasteiger partial charge is 0.137 e. The van der Waals surface area contributed by atoms with Gasteiger partial charge in [-0.15, -0.1) is 0 Å². The number of hydrogen-bond donors (Lipinski definition) is 0. The zero-order chi connectivity index (χ0) is 22.3. The monoisotopic (exact) mass is 429 g/mol. The molecule has 3 aromatic rings. The van der Waals surface area contributed by atoms with Gasteiger partial charge < -0.3 is 14.3 Å². The Morgan fingerprint density at radius 3 is 2.19 bits per heavy atom. The average molecular weight is 430 g/mol. The van der Waals surface area contributed by atoms with E-state index in [1.165, 1.54) is 16.7 Å². The van der Waals surface area contributed by atoms with Gasteiger partial charge in [-0.1, -0.05) is 73.5 Å². The van der Waals surface area contributed by atoms with Crippen molar-refractivity contribution in [1.82, 2.24) is 4.90 Å². The van der Waals surface area contributed by atoms with E-state index in [1.54, 1.807) is 14.2 Å². The first kappa shape index (κ1) is 22.1. The van der Waals surface area contributed by atoms with Crippen LogP contribution < -0.4 is 9.47 Å². The van der Waals surface area contributed by atoms with Crippen molar-refractivity contribution in [1.29, 1.82) is 0 Å². The lowest BCUT2D eigenvalue weighted by atomic mass is 9.95. The first-order valence-electron chi connectivity index (χ1n) is 11.3. The number of nitrogens with zero attached hydrogens (tertiary/aromatic N) is 1. The molecule has 3 aromatic carbocycles. The maximum absolute atomic E-state index is 12.2. The summed E-state index contributed by atoms with van der Waals surface area (Å²) >= 11 is 0. The SMILES string of the molecule is COc1cccc(OC)c1C1CCCCC(C=O)N1Cc1ccccc1-c1ccccc1. The molecule has 166 valence electrons. The highest BCUT2D eigenvalue weighted by molar-refractivity contribution is 5.67. The lowest BCUT2D eigenvalue weighted by molar-refractivity contribution is -0.113. The number of rotatable bonds is 7. The Morgan fingerprint density at radius 2 is 1.50 bits per heavy atom. The molecule has 4 heteroatoms. The van der Waals surface area contributed by atoms with Crippen molar-refractivity contribution in [3.63, 3.8) is 0 Å². The van der Waals surface area contributed by atoms with Gasteiger partial charge in [0.25, 0.3) is 0 Å². The molecule has 0 amide bonds. The van der Waals surface area contributed by atoms with Crippen molar-refractivity contribution in [2.45, 2.75) is 44.3 Å². The van der Waals surface area contributed by atoms with E-state index in [0.717, 1.165) is 49.0 Å². The maximum Gasteiger partial charge on any atom is 0.137 e. The summed E-state index contributed by atoms with van der Waals surface area (Å²) in [5.41, 5.74) is 4.63. The van der Waals surface area contributed by atoms with Crippen LogP contribution in [0.15, 0.2) is 72.8 Å². The van der Waals surface area contributed by atoms with Gasteiger partial charge >= 0.3 is 0 Å². The van der Waals surface area contributed by atoms with Crippen molar-refractivity contribution in [2.75, 3.05) is 14.2 Å². The van der Waals surface area contributed by atoms with Gasteiger partial charge in [0.15, 0.2) is 0 Å². The van der Waals surface area contributed by atoms with Crippen molar-refractivity contribution in [2.24, 2.45) is 0 Å². The molecule has 1 saturated heterocycles. The van der Waals surface area contributed by atoms with E-state index in [9.17, 15) is 4.79 Å². The number of methoxy groups -OCH3 is 2. The molecule has 0 aliphatic carbocycles. The minimum atomic E-state index is -0.152. The van der Waals surface area contributed by atoms with E-state index in [4.69, 9.17) is 9.47 Å². The quantitative estimate of drug-likeness (QED) is 0.428. The summed E-state index contributed by atoms with van der Waals surface area (Å²) in [5.74, 6) is 1.62. The molecule has 1 fully saturated rings. The molecule has 0 N–H and O–H groups in total. The lowest BCUT2D eigenvalue weighted by Crippen LogP contribution is -2.38. The third-order valence-corrected chi connectivity index (χ3v) is 6.47. The van der Waals surface area contributed by atoms with E-state index in [-0.39, 0.29) is 12.1 Å². The average Bonchev–Trinajstić information content (AvgIpc) is 3.06. The van der Waals surface area contributed by atoms with Gasteiger partial charge in [-0.05, 0) is 41.7 Å². The molecular weight excluding hydrogens is 398 g/mol. The molecule has 2 unspecified atom stereocenters. The van der Waals surface area contributed by atoms with Gasteiger partial charge in [0.05, 0.1) is 25.8 Å². The summed E-state index contributed by atoms with van der Waals surface area (Å²) < 4.78 is 11.5. The molecule has 32 heavy (non-hydrogen) atoms. The molecule has 4 nitrogen and oxygen atoms in total. The highest BCUT2D eigenvalue weighted by atomic mass is 16.5.